The van der Waals surface area contributed by atoms with Crippen molar-refractivity contribution in [3.8, 4) is 0 Å². The second-order valence-corrected chi connectivity index (χ2v) is 12.1. The summed E-state index contributed by atoms with van der Waals surface area (Å²) in [7, 11) is 0. The number of nitrogens with zero attached hydrogens (tertiary/aromatic N) is 6. The molecular weight excluding hydrogens is 640 g/mol. The Morgan fingerprint density at radius 2 is 1.10 bits per heavy atom. The van der Waals surface area contributed by atoms with Crippen molar-refractivity contribution in [1.82, 2.24) is 9.80 Å². The van der Waals surface area contributed by atoms with Gasteiger partial charge in [-0.05, 0) is 42.8 Å². The molecule has 0 saturated carbocycles. The van der Waals surface area contributed by atoms with E-state index in [4.69, 9.17) is 15.2 Å². The summed E-state index contributed by atoms with van der Waals surface area (Å²) < 4.78 is 39.4. The second-order valence-electron chi connectivity index (χ2n) is 12.1. The van der Waals surface area contributed by atoms with Crippen LogP contribution in [0.5, 0.6) is 0 Å². The summed E-state index contributed by atoms with van der Waals surface area (Å²) in [6.07, 6.45) is -0.694. The fraction of sp³-hybridized carbons (Fsp3) is 0.529. The molecule has 268 valence electrons. The SMILES string of the molecule is C.CC(=O)N1CCN(c2ccc(N3C[C@H](CN)OC3=O)cc2F)CC1.CC[C@H]1CN(c2ccc(N3CCN(C(C)=O)CC3)c(F)c2)C(=O)O1. The van der Waals surface area contributed by atoms with Crippen LogP contribution < -0.4 is 25.3 Å². The molecule has 6 rings (SSSR count). The van der Waals surface area contributed by atoms with Gasteiger partial charge in [0.1, 0.15) is 23.8 Å². The average molecular weight is 688 g/mol. The Hall–Kier alpha value is -4.66. The number of carbonyl (C=O) groups is 4. The van der Waals surface area contributed by atoms with Crippen LogP contribution in [-0.2, 0) is 19.1 Å². The number of halogens is 2. The highest BCUT2D eigenvalue weighted by molar-refractivity contribution is 5.90. The molecule has 4 amide bonds. The maximum absolute atomic E-state index is 14.5. The van der Waals surface area contributed by atoms with E-state index in [1.807, 2.05) is 16.7 Å². The van der Waals surface area contributed by atoms with Gasteiger partial charge in [-0.2, -0.15) is 0 Å². The minimum atomic E-state index is -0.507. The molecule has 0 radical (unpaired) electrons. The van der Waals surface area contributed by atoms with Crippen LogP contribution in [0, 0.1) is 11.6 Å². The molecule has 4 saturated heterocycles. The summed E-state index contributed by atoms with van der Waals surface area (Å²) in [6, 6.07) is 9.53. The van der Waals surface area contributed by atoms with Crippen molar-refractivity contribution in [2.45, 2.75) is 46.8 Å². The van der Waals surface area contributed by atoms with Crippen LogP contribution in [0.4, 0.5) is 41.1 Å². The number of benzene rings is 2. The Labute approximate surface area is 286 Å². The Balaban J connectivity index is 0.000000216. The number of anilines is 4. The van der Waals surface area contributed by atoms with Crippen molar-refractivity contribution >= 4 is 46.8 Å². The molecule has 4 aliphatic rings. The third-order valence-corrected chi connectivity index (χ3v) is 9.08. The number of amides is 4. The Morgan fingerprint density at radius 3 is 1.41 bits per heavy atom. The standard InChI is InChI=1S/C17H22FN3O3.C16H21FN4O3.CH4/c1-3-14-11-21(17(23)24-14)13-4-5-16(15(18)10-13)20-8-6-19(7-9-20)12(2)22;1-11(22)19-4-6-20(7-5-19)15-3-2-12(8-14(15)17)21-10-13(9-18)24-16(21)23;/h4-5,10,14H,3,6-9,11H2,1-2H3;2-3,8,13H,4-7,9-10,18H2,1H3;1H4/t14-;13-;/m00./s1. The van der Waals surface area contributed by atoms with Crippen molar-refractivity contribution in [2.75, 3.05) is 91.6 Å². The monoisotopic (exact) mass is 687 g/mol. The van der Waals surface area contributed by atoms with Crippen molar-refractivity contribution in [3.05, 3.63) is 48.0 Å². The zero-order valence-corrected chi connectivity index (χ0v) is 27.6. The molecule has 0 bridgehead atoms. The van der Waals surface area contributed by atoms with Crippen LogP contribution >= 0.6 is 0 Å². The van der Waals surface area contributed by atoms with E-state index < -0.39 is 18.0 Å². The zero-order valence-electron chi connectivity index (χ0n) is 27.6. The van der Waals surface area contributed by atoms with Gasteiger partial charge in [-0.1, -0.05) is 14.4 Å². The molecule has 4 fully saturated rings. The van der Waals surface area contributed by atoms with Crippen molar-refractivity contribution in [2.24, 2.45) is 5.73 Å². The maximum atomic E-state index is 14.5. The maximum Gasteiger partial charge on any atom is 0.414 e. The quantitative estimate of drug-likeness (QED) is 0.484. The first-order valence-corrected chi connectivity index (χ1v) is 16.2. The number of carbonyl (C=O) groups excluding carboxylic acids is 4. The second kappa shape index (κ2) is 16.2. The number of nitrogens with two attached hydrogens (primary N) is 1. The van der Waals surface area contributed by atoms with E-state index in [1.54, 1.807) is 41.0 Å². The molecule has 0 aromatic heterocycles. The van der Waals surface area contributed by atoms with Gasteiger partial charge in [-0.15, -0.1) is 0 Å². The fourth-order valence-electron chi connectivity index (χ4n) is 6.16. The third kappa shape index (κ3) is 8.50. The van der Waals surface area contributed by atoms with Gasteiger partial charge in [0.25, 0.3) is 0 Å². The van der Waals surface area contributed by atoms with Crippen molar-refractivity contribution < 1.29 is 37.4 Å². The lowest BCUT2D eigenvalue weighted by atomic mass is 10.2. The third-order valence-electron chi connectivity index (χ3n) is 9.08. The lowest BCUT2D eigenvalue weighted by Crippen LogP contribution is -2.48. The molecule has 0 spiro atoms. The lowest BCUT2D eigenvalue weighted by Gasteiger charge is -2.35. The summed E-state index contributed by atoms with van der Waals surface area (Å²) in [5.41, 5.74) is 7.46. The predicted molar refractivity (Wildman–Crippen MR) is 183 cm³/mol. The number of piperazine rings is 2. The minimum Gasteiger partial charge on any atom is -0.444 e. The molecule has 2 N–H and O–H groups in total. The van der Waals surface area contributed by atoms with Crippen LogP contribution in [0.2, 0.25) is 0 Å². The van der Waals surface area contributed by atoms with E-state index in [-0.39, 0.29) is 43.8 Å². The molecule has 0 aliphatic carbocycles. The van der Waals surface area contributed by atoms with Gasteiger partial charge in [0, 0.05) is 72.8 Å². The van der Waals surface area contributed by atoms with Gasteiger partial charge in [0.15, 0.2) is 0 Å². The van der Waals surface area contributed by atoms with Gasteiger partial charge < -0.3 is 34.8 Å². The Morgan fingerprint density at radius 1 is 0.714 bits per heavy atom. The predicted octanol–water partition coefficient (Wildman–Crippen LogP) is 3.64. The van der Waals surface area contributed by atoms with Gasteiger partial charge in [-0.3, -0.25) is 19.4 Å². The Bertz CT molecular complexity index is 1400. The van der Waals surface area contributed by atoms with E-state index in [2.05, 4.69) is 0 Å². The van der Waals surface area contributed by atoms with Crippen LogP contribution in [0.15, 0.2) is 36.4 Å². The van der Waals surface area contributed by atoms with Crippen LogP contribution in [-0.4, -0.2) is 118 Å². The molecule has 13 nitrogen and oxygen atoms in total. The molecule has 15 heteroatoms. The first-order chi connectivity index (χ1) is 23.0. The van der Waals surface area contributed by atoms with Crippen molar-refractivity contribution in [1.29, 1.82) is 0 Å². The van der Waals surface area contributed by atoms with Gasteiger partial charge in [-0.25, -0.2) is 18.4 Å². The molecule has 49 heavy (non-hydrogen) atoms. The van der Waals surface area contributed by atoms with Gasteiger partial charge in [0.2, 0.25) is 11.8 Å². The average Bonchev–Trinajstić information content (AvgIpc) is 3.66. The van der Waals surface area contributed by atoms with Crippen LogP contribution in [0.25, 0.3) is 0 Å². The summed E-state index contributed by atoms with van der Waals surface area (Å²) in [5.74, 6) is -0.680. The highest BCUT2D eigenvalue weighted by Gasteiger charge is 2.33. The number of hydrogen-bond acceptors (Lipinski definition) is 9. The van der Waals surface area contributed by atoms with E-state index >= 15 is 0 Å². The Kier molecular flexibility index (Phi) is 12.3. The van der Waals surface area contributed by atoms with Crippen LogP contribution in [0.3, 0.4) is 0 Å². The molecule has 4 aliphatic heterocycles. The van der Waals surface area contributed by atoms with Gasteiger partial charge >= 0.3 is 12.2 Å². The number of rotatable bonds is 6. The lowest BCUT2D eigenvalue weighted by molar-refractivity contribution is -0.129. The normalized spacial score (nSPS) is 20.8. The highest BCUT2D eigenvalue weighted by atomic mass is 19.1. The largest absolute Gasteiger partial charge is 0.444 e. The van der Waals surface area contributed by atoms with E-state index in [0.29, 0.717) is 88.2 Å². The molecule has 2 aromatic rings. The molecule has 2 atom stereocenters. The highest BCUT2D eigenvalue weighted by Crippen LogP contribution is 2.30. The number of ether oxygens (including phenoxy) is 2. The number of cyclic esters (lactones) is 2. The first-order valence-electron chi connectivity index (χ1n) is 16.2. The first kappa shape index (κ1) is 37.2. The minimum absolute atomic E-state index is 0. The van der Waals surface area contributed by atoms with E-state index in [9.17, 15) is 28.0 Å². The zero-order chi connectivity index (χ0) is 34.5. The van der Waals surface area contributed by atoms with Crippen LogP contribution in [0.1, 0.15) is 34.6 Å². The summed E-state index contributed by atoms with van der Waals surface area (Å²) in [5, 5.41) is 0. The summed E-state index contributed by atoms with van der Waals surface area (Å²) in [6.45, 7) is 10.7. The van der Waals surface area contributed by atoms with E-state index in [1.165, 1.54) is 28.9 Å². The topological polar surface area (TPSA) is 132 Å². The number of hydrogen-bond donors (Lipinski definition) is 1. The molecule has 4 heterocycles. The molecule has 0 unspecified atom stereocenters. The smallest absolute Gasteiger partial charge is 0.414 e. The molecule has 2 aromatic carbocycles. The summed E-state index contributed by atoms with van der Waals surface area (Å²) in [4.78, 5) is 56.6. The van der Waals surface area contributed by atoms with E-state index in [0.717, 1.165) is 6.42 Å². The fourth-order valence-corrected chi connectivity index (χ4v) is 6.16. The van der Waals surface area contributed by atoms with Gasteiger partial charge in [0.05, 0.1) is 35.8 Å². The molecular formula is C34H47F2N7O6. The summed E-state index contributed by atoms with van der Waals surface area (Å²) >= 11 is 0. The van der Waals surface area contributed by atoms with Crippen molar-refractivity contribution in [3.63, 3.8) is 0 Å².